The number of hydrogen-bond donors (Lipinski definition) is 1. The number of fused-ring (bicyclic) bond motifs is 1. The fourth-order valence-corrected chi connectivity index (χ4v) is 5.01. The molecule has 0 atom stereocenters. The monoisotopic (exact) mass is 442 g/mol. The number of aliphatic hydroxyl groups excluding tert-OH is 1. The maximum absolute atomic E-state index is 9.62. The number of rotatable bonds is 8. The van der Waals surface area contributed by atoms with Crippen LogP contribution in [0.25, 0.3) is 16.5 Å². The molecule has 0 amide bonds. The van der Waals surface area contributed by atoms with Crippen molar-refractivity contribution >= 4 is 10.8 Å². The lowest BCUT2D eigenvalue weighted by Crippen LogP contribution is -2.08. The van der Waals surface area contributed by atoms with Crippen LogP contribution in [0.5, 0.6) is 5.75 Å². The molecule has 0 saturated heterocycles. The molecule has 1 heterocycles. The third-order valence-corrected chi connectivity index (χ3v) is 6.44. The van der Waals surface area contributed by atoms with Gasteiger partial charge in [-0.3, -0.25) is 0 Å². The first kappa shape index (κ1) is 23.1. The molecule has 0 radical (unpaired) electrons. The number of aliphatic hydroxyl groups is 1. The van der Waals surface area contributed by atoms with E-state index in [0.29, 0.717) is 6.61 Å². The Morgan fingerprint density at radius 1 is 0.909 bits per heavy atom. The van der Waals surface area contributed by atoms with Crippen LogP contribution in [0.15, 0.2) is 48.5 Å². The van der Waals surface area contributed by atoms with Crippen molar-refractivity contribution in [3.63, 3.8) is 0 Å². The van der Waals surface area contributed by atoms with E-state index in [1.54, 1.807) is 0 Å². The van der Waals surface area contributed by atoms with Crippen LogP contribution in [0, 0.1) is 13.8 Å². The smallest absolute Gasteiger partial charge is 0.123 e. The first-order chi connectivity index (χ1) is 16.0. The molecule has 0 aliphatic heterocycles. The van der Waals surface area contributed by atoms with Gasteiger partial charge in [-0.25, -0.2) is 4.68 Å². The summed E-state index contributed by atoms with van der Waals surface area (Å²) >= 11 is 0. The highest BCUT2D eigenvalue weighted by Gasteiger charge is 2.21. The van der Waals surface area contributed by atoms with Crippen molar-refractivity contribution in [2.24, 2.45) is 0 Å². The van der Waals surface area contributed by atoms with E-state index in [-0.39, 0.29) is 6.61 Å². The fraction of sp³-hybridized carbons (Fsp3) is 0.345. The predicted octanol–water partition coefficient (Wildman–Crippen LogP) is 6.25. The van der Waals surface area contributed by atoms with Gasteiger partial charge < -0.3 is 9.84 Å². The molecule has 3 aromatic carbocycles. The molecule has 0 fully saturated rings. The van der Waals surface area contributed by atoms with Gasteiger partial charge in [0.1, 0.15) is 5.75 Å². The summed E-state index contributed by atoms with van der Waals surface area (Å²) in [6.07, 6.45) is 2.55. The number of nitrogens with zero attached hydrogens (tertiary/aromatic N) is 2. The third-order valence-electron chi connectivity index (χ3n) is 6.44. The second-order valence-electron chi connectivity index (χ2n) is 8.60. The average Bonchev–Trinajstić information content (AvgIpc) is 3.16. The maximum atomic E-state index is 9.62. The van der Waals surface area contributed by atoms with E-state index in [0.717, 1.165) is 53.1 Å². The molecule has 1 N–H and O–H groups in total. The minimum absolute atomic E-state index is 0.0500. The van der Waals surface area contributed by atoms with E-state index < -0.39 is 0 Å². The number of aromatic nitrogens is 2. The van der Waals surface area contributed by atoms with Crippen molar-refractivity contribution in [2.45, 2.75) is 60.5 Å². The zero-order chi connectivity index (χ0) is 23.5. The number of benzene rings is 3. The number of ether oxygens (including phenoxy) is 1. The Morgan fingerprint density at radius 2 is 1.64 bits per heavy atom. The summed E-state index contributed by atoms with van der Waals surface area (Å²) in [4.78, 5) is 0. The Balaban J connectivity index is 1.91. The number of hydrogen-bond acceptors (Lipinski definition) is 3. The van der Waals surface area contributed by atoms with Gasteiger partial charge in [0.15, 0.2) is 0 Å². The first-order valence-electron chi connectivity index (χ1n) is 12.0. The van der Waals surface area contributed by atoms with Crippen molar-refractivity contribution in [1.29, 1.82) is 0 Å². The van der Waals surface area contributed by atoms with Gasteiger partial charge in [-0.2, -0.15) is 5.10 Å². The minimum Gasteiger partial charge on any atom is -0.494 e. The Bertz CT molecular complexity index is 1260. The molecule has 0 bridgehead atoms. The van der Waals surface area contributed by atoms with Crippen LogP contribution in [-0.4, -0.2) is 21.5 Å². The molecule has 0 aliphatic carbocycles. The normalized spacial score (nSPS) is 11.3. The van der Waals surface area contributed by atoms with E-state index in [4.69, 9.17) is 9.84 Å². The van der Waals surface area contributed by atoms with Crippen molar-refractivity contribution in [1.82, 2.24) is 9.78 Å². The quantitative estimate of drug-likeness (QED) is 0.351. The van der Waals surface area contributed by atoms with Crippen LogP contribution in [0.1, 0.15) is 60.0 Å². The lowest BCUT2D eigenvalue weighted by molar-refractivity contribution is 0.281. The average molecular weight is 443 g/mol. The molecule has 0 aliphatic rings. The van der Waals surface area contributed by atoms with E-state index >= 15 is 0 Å². The van der Waals surface area contributed by atoms with Gasteiger partial charge in [0.05, 0.1) is 24.6 Å². The molecule has 0 saturated carbocycles. The fourth-order valence-electron chi connectivity index (χ4n) is 5.01. The molecule has 4 nitrogen and oxygen atoms in total. The molecule has 4 rings (SSSR count). The van der Waals surface area contributed by atoms with Crippen molar-refractivity contribution in [2.75, 3.05) is 6.61 Å². The zero-order valence-corrected chi connectivity index (χ0v) is 20.4. The van der Waals surface area contributed by atoms with Crippen molar-refractivity contribution < 1.29 is 9.84 Å². The van der Waals surface area contributed by atoms with Gasteiger partial charge in [0.25, 0.3) is 0 Å². The summed E-state index contributed by atoms with van der Waals surface area (Å²) in [5, 5.41) is 17.2. The molecule has 4 aromatic rings. The Kier molecular flexibility index (Phi) is 6.85. The second-order valence-corrected chi connectivity index (χ2v) is 8.60. The highest BCUT2D eigenvalue weighted by Crippen LogP contribution is 2.34. The highest BCUT2D eigenvalue weighted by atomic mass is 16.5. The number of aryl methyl sites for hydroxylation is 3. The lowest BCUT2D eigenvalue weighted by atomic mass is 9.95. The van der Waals surface area contributed by atoms with Gasteiger partial charge in [-0.05, 0) is 67.1 Å². The first-order valence-corrected chi connectivity index (χ1v) is 12.0. The van der Waals surface area contributed by atoms with Gasteiger partial charge in [0, 0.05) is 23.2 Å². The highest BCUT2D eigenvalue weighted by molar-refractivity contribution is 5.88. The molecule has 0 spiro atoms. The van der Waals surface area contributed by atoms with E-state index in [2.05, 4.69) is 80.9 Å². The van der Waals surface area contributed by atoms with Crippen LogP contribution < -0.4 is 4.74 Å². The molecule has 4 heteroatoms. The molecule has 1 aromatic heterocycles. The van der Waals surface area contributed by atoms with Gasteiger partial charge in [-0.1, -0.05) is 56.3 Å². The summed E-state index contributed by atoms with van der Waals surface area (Å²) < 4.78 is 8.21. The minimum atomic E-state index is 0.0500. The molecular weight excluding hydrogens is 408 g/mol. The van der Waals surface area contributed by atoms with Gasteiger partial charge in [0.2, 0.25) is 0 Å². The topological polar surface area (TPSA) is 47.3 Å². The zero-order valence-electron chi connectivity index (χ0n) is 20.4. The molecule has 0 unspecified atom stereocenters. The largest absolute Gasteiger partial charge is 0.494 e. The Labute approximate surface area is 196 Å². The molecule has 172 valence electrons. The second kappa shape index (κ2) is 9.80. The van der Waals surface area contributed by atoms with Crippen LogP contribution in [0.2, 0.25) is 0 Å². The van der Waals surface area contributed by atoms with Crippen LogP contribution in [-0.2, 0) is 25.9 Å². The van der Waals surface area contributed by atoms with Crippen LogP contribution in [0.4, 0.5) is 0 Å². The van der Waals surface area contributed by atoms with E-state index in [1.807, 2.05) is 6.92 Å². The summed E-state index contributed by atoms with van der Waals surface area (Å²) in [5.41, 5.74) is 9.21. The maximum Gasteiger partial charge on any atom is 0.123 e. The summed E-state index contributed by atoms with van der Waals surface area (Å²) in [7, 11) is 0. The van der Waals surface area contributed by atoms with Gasteiger partial charge in [-0.15, -0.1) is 0 Å². The lowest BCUT2D eigenvalue weighted by Gasteiger charge is -2.16. The summed E-state index contributed by atoms with van der Waals surface area (Å²) in [5.74, 6) is 0.952. The molecule has 33 heavy (non-hydrogen) atoms. The predicted molar refractivity (Wildman–Crippen MR) is 136 cm³/mol. The van der Waals surface area contributed by atoms with Gasteiger partial charge >= 0.3 is 0 Å². The van der Waals surface area contributed by atoms with Crippen LogP contribution >= 0.6 is 0 Å². The van der Waals surface area contributed by atoms with Crippen LogP contribution in [0.3, 0.4) is 0 Å². The summed E-state index contributed by atoms with van der Waals surface area (Å²) in [6, 6.07) is 16.9. The third kappa shape index (κ3) is 4.28. The SMILES string of the molecule is CCOc1ccc2ccccc2c1Cc1c(CC)nn(-c2c(C)cc(CO)cc2C)c1CC. The van der Waals surface area contributed by atoms with E-state index in [9.17, 15) is 5.11 Å². The molecular formula is C29H34N2O2. The van der Waals surface area contributed by atoms with Crippen molar-refractivity contribution in [3.8, 4) is 11.4 Å². The standard InChI is InChI=1S/C29H34N2O2/c1-6-26-25(17-24-23-12-10-9-11-22(23)13-14-28(24)33-8-3)27(7-2)31(30-26)29-19(4)15-21(18-32)16-20(29)5/h9-16,32H,6-8,17-18H2,1-5H3. The Morgan fingerprint density at radius 3 is 2.27 bits per heavy atom. The van der Waals surface area contributed by atoms with E-state index in [1.165, 1.54) is 27.6 Å². The van der Waals surface area contributed by atoms with Crippen molar-refractivity contribution in [3.05, 3.63) is 87.7 Å². The summed E-state index contributed by atoms with van der Waals surface area (Å²) in [6.45, 7) is 11.3. The Hall–Kier alpha value is -3.11.